The monoisotopic (exact) mass is 390 g/mol. The summed E-state index contributed by atoms with van der Waals surface area (Å²) in [6, 6.07) is 17.9. The molecule has 29 heavy (non-hydrogen) atoms. The van der Waals surface area contributed by atoms with Crippen LogP contribution in [0.2, 0.25) is 0 Å². The Morgan fingerprint density at radius 3 is 2.48 bits per heavy atom. The third kappa shape index (κ3) is 4.65. The zero-order valence-electron chi connectivity index (χ0n) is 16.7. The van der Waals surface area contributed by atoms with E-state index in [2.05, 4.69) is 22.3 Å². The first-order valence-electron chi connectivity index (χ1n) is 10.1. The third-order valence-electron chi connectivity index (χ3n) is 5.60. The van der Waals surface area contributed by atoms with Crippen LogP contribution in [0.4, 0.5) is 0 Å². The van der Waals surface area contributed by atoms with Gasteiger partial charge < -0.3 is 9.64 Å². The number of benzene rings is 2. The molecule has 1 aromatic heterocycles. The van der Waals surface area contributed by atoms with Crippen LogP contribution in [0.5, 0.6) is 5.75 Å². The summed E-state index contributed by atoms with van der Waals surface area (Å²) < 4.78 is 5.21. The number of aryl methyl sites for hydroxylation is 1. The predicted molar refractivity (Wildman–Crippen MR) is 111 cm³/mol. The molecule has 2 heterocycles. The number of methoxy groups -OCH3 is 1. The zero-order chi connectivity index (χ0) is 20.1. The van der Waals surface area contributed by atoms with E-state index in [-0.39, 0.29) is 5.91 Å². The molecule has 0 radical (unpaired) electrons. The van der Waals surface area contributed by atoms with Crippen molar-refractivity contribution in [1.29, 1.82) is 0 Å². The molecule has 0 aliphatic carbocycles. The number of para-hydroxylation sites is 1. The van der Waals surface area contributed by atoms with E-state index in [9.17, 15) is 4.79 Å². The van der Waals surface area contributed by atoms with E-state index in [0.717, 1.165) is 50.2 Å². The van der Waals surface area contributed by atoms with E-state index in [1.807, 2.05) is 47.4 Å². The fraction of sp³-hybridized carbons (Fsp3) is 0.348. The highest BCUT2D eigenvalue weighted by molar-refractivity contribution is 5.92. The Morgan fingerprint density at radius 1 is 1.07 bits per heavy atom. The summed E-state index contributed by atoms with van der Waals surface area (Å²) in [6.45, 7) is 1.56. The van der Waals surface area contributed by atoms with E-state index in [0.29, 0.717) is 11.6 Å². The molecule has 0 spiro atoms. The molecule has 1 saturated heterocycles. The van der Waals surface area contributed by atoms with Gasteiger partial charge in [-0.3, -0.25) is 4.79 Å². The molecule has 0 N–H and O–H groups in total. The fourth-order valence-corrected chi connectivity index (χ4v) is 3.80. The standard InChI is InChI=1S/C23H26N4O2/c1-29-21-11-9-18(10-12-21)7-8-19-13-15-26(16-14-19)23(28)22-17-24-27(25-22)20-5-3-2-4-6-20/h2-6,9-12,17,19H,7-8,13-16H2,1H3. The van der Waals surface area contributed by atoms with Crippen molar-refractivity contribution >= 4 is 5.91 Å². The van der Waals surface area contributed by atoms with Crippen molar-refractivity contribution in [1.82, 2.24) is 19.9 Å². The first-order valence-corrected chi connectivity index (χ1v) is 10.1. The lowest BCUT2D eigenvalue weighted by molar-refractivity contribution is 0.0680. The van der Waals surface area contributed by atoms with Crippen LogP contribution in [0.25, 0.3) is 5.69 Å². The quantitative estimate of drug-likeness (QED) is 0.643. The van der Waals surface area contributed by atoms with Gasteiger partial charge in [-0.15, -0.1) is 5.10 Å². The van der Waals surface area contributed by atoms with E-state index in [1.165, 1.54) is 10.4 Å². The maximum absolute atomic E-state index is 12.8. The molecule has 1 fully saturated rings. The van der Waals surface area contributed by atoms with Crippen molar-refractivity contribution in [3.8, 4) is 11.4 Å². The molecule has 3 aromatic rings. The number of piperidine rings is 1. The largest absolute Gasteiger partial charge is 0.497 e. The normalized spacial score (nSPS) is 14.7. The van der Waals surface area contributed by atoms with Gasteiger partial charge in [0, 0.05) is 13.1 Å². The average molecular weight is 390 g/mol. The number of hydrogen-bond acceptors (Lipinski definition) is 4. The fourth-order valence-electron chi connectivity index (χ4n) is 3.80. The van der Waals surface area contributed by atoms with Crippen molar-refractivity contribution in [2.45, 2.75) is 25.7 Å². The number of likely N-dealkylation sites (tertiary alicyclic amines) is 1. The van der Waals surface area contributed by atoms with E-state index >= 15 is 0 Å². The Kier molecular flexibility index (Phi) is 5.89. The van der Waals surface area contributed by atoms with Crippen LogP contribution in [0, 0.1) is 5.92 Å². The number of amides is 1. The highest BCUT2D eigenvalue weighted by Crippen LogP contribution is 2.24. The lowest BCUT2D eigenvalue weighted by atomic mass is 9.90. The van der Waals surface area contributed by atoms with Crippen LogP contribution in [-0.4, -0.2) is 46.0 Å². The number of nitrogens with zero attached hydrogens (tertiary/aromatic N) is 4. The Balaban J connectivity index is 1.28. The second kappa shape index (κ2) is 8.90. The van der Waals surface area contributed by atoms with Gasteiger partial charge in [-0.2, -0.15) is 9.90 Å². The Labute approximate surface area is 171 Å². The molecule has 1 aliphatic heterocycles. The molecule has 0 bridgehead atoms. The van der Waals surface area contributed by atoms with Gasteiger partial charge in [0.05, 0.1) is 19.0 Å². The summed E-state index contributed by atoms with van der Waals surface area (Å²) >= 11 is 0. The van der Waals surface area contributed by atoms with Crippen LogP contribution >= 0.6 is 0 Å². The average Bonchev–Trinajstić information content (AvgIpc) is 3.29. The minimum Gasteiger partial charge on any atom is -0.497 e. The number of rotatable bonds is 6. The summed E-state index contributed by atoms with van der Waals surface area (Å²) in [5, 5.41) is 8.61. The second-order valence-corrected chi connectivity index (χ2v) is 7.48. The molecule has 0 unspecified atom stereocenters. The second-order valence-electron chi connectivity index (χ2n) is 7.48. The number of hydrogen-bond donors (Lipinski definition) is 0. The molecule has 0 atom stereocenters. The maximum Gasteiger partial charge on any atom is 0.276 e. The maximum atomic E-state index is 12.8. The molecule has 0 saturated carbocycles. The minimum atomic E-state index is -0.0271. The van der Waals surface area contributed by atoms with Gasteiger partial charge >= 0.3 is 0 Å². The molecular weight excluding hydrogens is 364 g/mol. The zero-order valence-corrected chi connectivity index (χ0v) is 16.7. The molecule has 150 valence electrons. The Morgan fingerprint density at radius 2 is 1.79 bits per heavy atom. The van der Waals surface area contributed by atoms with Crippen LogP contribution in [0.3, 0.4) is 0 Å². The van der Waals surface area contributed by atoms with Crippen LogP contribution in [-0.2, 0) is 6.42 Å². The Bertz CT molecular complexity index is 929. The highest BCUT2D eigenvalue weighted by atomic mass is 16.5. The van der Waals surface area contributed by atoms with Crippen LogP contribution < -0.4 is 4.74 Å². The van der Waals surface area contributed by atoms with E-state index in [1.54, 1.807) is 13.3 Å². The predicted octanol–water partition coefficient (Wildman–Crippen LogP) is 3.76. The summed E-state index contributed by atoms with van der Waals surface area (Å²) in [4.78, 5) is 16.2. The first-order chi connectivity index (χ1) is 14.2. The SMILES string of the molecule is COc1ccc(CCC2CCN(C(=O)c3cnn(-c4ccccc4)n3)CC2)cc1. The summed E-state index contributed by atoms with van der Waals surface area (Å²) in [6.07, 6.45) is 5.85. The van der Waals surface area contributed by atoms with Crippen LogP contribution in [0.15, 0.2) is 60.8 Å². The number of aromatic nitrogens is 3. The van der Waals surface area contributed by atoms with Crippen molar-refractivity contribution in [2.75, 3.05) is 20.2 Å². The van der Waals surface area contributed by atoms with Crippen molar-refractivity contribution in [3.63, 3.8) is 0 Å². The molecular formula is C23H26N4O2. The lowest BCUT2D eigenvalue weighted by Gasteiger charge is -2.31. The van der Waals surface area contributed by atoms with Gasteiger partial charge in [0.1, 0.15) is 5.75 Å². The minimum absolute atomic E-state index is 0.0271. The Hall–Kier alpha value is -3.15. The van der Waals surface area contributed by atoms with E-state index in [4.69, 9.17) is 4.74 Å². The van der Waals surface area contributed by atoms with Gasteiger partial charge in [0.2, 0.25) is 0 Å². The number of carbonyl (C=O) groups excluding carboxylic acids is 1. The highest BCUT2D eigenvalue weighted by Gasteiger charge is 2.25. The molecule has 2 aromatic carbocycles. The topological polar surface area (TPSA) is 60.2 Å². The number of carbonyl (C=O) groups is 1. The molecule has 6 nitrogen and oxygen atoms in total. The van der Waals surface area contributed by atoms with Gasteiger partial charge in [-0.05, 0) is 61.4 Å². The van der Waals surface area contributed by atoms with E-state index < -0.39 is 0 Å². The molecule has 1 amide bonds. The summed E-state index contributed by atoms with van der Waals surface area (Å²) in [5.41, 5.74) is 2.59. The van der Waals surface area contributed by atoms with Crippen molar-refractivity contribution in [3.05, 3.63) is 72.1 Å². The van der Waals surface area contributed by atoms with Crippen molar-refractivity contribution in [2.24, 2.45) is 5.92 Å². The third-order valence-corrected chi connectivity index (χ3v) is 5.60. The van der Waals surface area contributed by atoms with Gasteiger partial charge in [-0.25, -0.2) is 0 Å². The lowest BCUT2D eigenvalue weighted by Crippen LogP contribution is -2.38. The van der Waals surface area contributed by atoms with Gasteiger partial charge in [-0.1, -0.05) is 30.3 Å². The van der Waals surface area contributed by atoms with Crippen molar-refractivity contribution < 1.29 is 9.53 Å². The summed E-state index contributed by atoms with van der Waals surface area (Å²) in [7, 11) is 1.69. The molecule has 6 heteroatoms. The first kappa shape index (κ1) is 19.2. The van der Waals surface area contributed by atoms with Crippen LogP contribution in [0.1, 0.15) is 35.3 Å². The molecule has 1 aliphatic rings. The smallest absolute Gasteiger partial charge is 0.276 e. The van der Waals surface area contributed by atoms with Gasteiger partial charge in [0.15, 0.2) is 5.69 Å². The number of ether oxygens (including phenoxy) is 1. The molecule has 4 rings (SSSR count). The van der Waals surface area contributed by atoms with Gasteiger partial charge in [0.25, 0.3) is 5.91 Å². The summed E-state index contributed by atoms with van der Waals surface area (Å²) in [5.74, 6) is 1.52.